The highest BCUT2D eigenvalue weighted by Gasteiger charge is 2.32. The van der Waals surface area contributed by atoms with E-state index in [4.69, 9.17) is 16.6 Å². The first-order valence-electron chi connectivity index (χ1n) is 4.84. The van der Waals surface area contributed by atoms with E-state index in [1.54, 1.807) is 25.1 Å². The highest BCUT2D eigenvalue weighted by Crippen LogP contribution is 2.21. The second-order valence-electron chi connectivity index (χ2n) is 3.68. The van der Waals surface area contributed by atoms with E-state index in [0.29, 0.717) is 16.6 Å². The number of furan rings is 1. The summed E-state index contributed by atoms with van der Waals surface area (Å²) in [6.07, 6.45) is 1.70. The molecule has 0 atom stereocenters. The normalized spacial score (nSPS) is 19.1. The number of carbonyl (C=O) groups excluding carboxylic acids is 1. The molecule has 1 aliphatic rings. The molecule has 0 bridgehead atoms. The Bertz CT molecular complexity index is 490. The minimum atomic E-state index is -0.110. The zero-order chi connectivity index (χ0) is 11.9. The van der Waals surface area contributed by atoms with Crippen LogP contribution in [-0.2, 0) is 4.79 Å². The van der Waals surface area contributed by atoms with Gasteiger partial charge in [-0.2, -0.15) is 0 Å². The Morgan fingerprint density at radius 1 is 1.31 bits per heavy atom. The monoisotopic (exact) mass is 236 g/mol. The van der Waals surface area contributed by atoms with Gasteiger partial charge in [0.05, 0.1) is 0 Å². The van der Waals surface area contributed by atoms with Crippen molar-refractivity contribution in [2.24, 2.45) is 0 Å². The van der Waals surface area contributed by atoms with Gasteiger partial charge in [0.1, 0.15) is 17.2 Å². The van der Waals surface area contributed by atoms with Crippen LogP contribution in [0.5, 0.6) is 0 Å². The molecule has 1 saturated heterocycles. The van der Waals surface area contributed by atoms with Crippen molar-refractivity contribution in [2.45, 2.75) is 6.92 Å². The van der Waals surface area contributed by atoms with Crippen LogP contribution < -0.4 is 0 Å². The number of aryl methyl sites for hydroxylation is 1. The number of hydrogen-bond donors (Lipinski definition) is 0. The molecule has 1 aliphatic heterocycles. The van der Waals surface area contributed by atoms with Crippen molar-refractivity contribution in [1.82, 2.24) is 9.80 Å². The maximum Gasteiger partial charge on any atom is 0.276 e. The molecule has 1 fully saturated rings. The molecule has 2 rings (SSSR count). The molecule has 84 valence electrons. The number of likely N-dealkylation sites (N-methyl/N-ethyl adjacent to an activating group) is 2. The molecule has 1 aromatic rings. The minimum Gasteiger partial charge on any atom is -0.462 e. The van der Waals surface area contributed by atoms with E-state index >= 15 is 0 Å². The smallest absolute Gasteiger partial charge is 0.276 e. The van der Waals surface area contributed by atoms with Gasteiger partial charge >= 0.3 is 0 Å². The fourth-order valence-electron chi connectivity index (χ4n) is 1.55. The van der Waals surface area contributed by atoms with Crippen molar-refractivity contribution in [3.05, 3.63) is 29.4 Å². The van der Waals surface area contributed by atoms with Gasteiger partial charge in [0.15, 0.2) is 5.11 Å². The van der Waals surface area contributed by atoms with E-state index in [-0.39, 0.29) is 5.91 Å². The van der Waals surface area contributed by atoms with Crippen LogP contribution in [0.2, 0.25) is 0 Å². The summed E-state index contributed by atoms with van der Waals surface area (Å²) in [5.41, 5.74) is 0.529. The summed E-state index contributed by atoms with van der Waals surface area (Å²) < 4.78 is 5.40. The molecule has 0 N–H and O–H groups in total. The van der Waals surface area contributed by atoms with Gasteiger partial charge in [-0.05, 0) is 31.3 Å². The lowest BCUT2D eigenvalue weighted by atomic mass is 10.3. The van der Waals surface area contributed by atoms with Crippen LogP contribution in [0.4, 0.5) is 0 Å². The SMILES string of the molecule is Cc1ccc(C=C2C(=O)N(C)C(=S)N2C)o1. The van der Waals surface area contributed by atoms with Gasteiger partial charge in [0.25, 0.3) is 5.91 Å². The Morgan fingerprint density at radius 3 is 2.44 bits per heavy atom. The number of carbonyl (C=O) groups is 1. The fraction of sp³-hybridized carbons (Fsp3) is 0.273. The Kier molecular flexibility index (Phi) is 2.55. The van der Waals surface area contributed by atoms with E-state index in [1.165, 1.54) is 4.90 Å². The highest BCUT2D eigenvalue weighted by molar-refractivity contribution is 7.80. The Labute approximate surface area is 99.1 Å². The summed E-state index contributed by atoms with van der Waals surface area (Å²) in [4.78, 5) is 14.9. The van der Waals surface area contributed by atoms with Crippen LogP contribution in [0.1, 0.15) is 11.5 Å². The maximum absolute atomic E-state index is 11.8. The van der Waals surface area contributed by atoms with Crippen LogP contribution in [0.25, 0.3) is 6.08 Å². The molecule has 0 saturated carbocycles. The molecule has 5 heteroatoms. The van der Waals surface area contributed by atoms with Crippen molar-refractivity contribution in [3.8, 4) is 0 Å². The number of hydrogen-bond acceptors (Lipinski definition) is 3. The van der Waals surface area contributed by atoms with E-state index in [1.807, 2.05) is 19.1 Å². The Balaban J connectivity index is 2.38. The summed E-state index contributed by atoms with van der Waals surface area (Å²) in [5, 5.41) is 0.500. The summed E-state index contributed by atoms with van der Waals surface area (Å²) in [6.45, 7) is 1.86. The standard InChI is InChI=1S/C11H12N2O2S/c1-7-4-5-8(15-7)6-9-10(14)13(3)11(16)12(9)2/h4-6H,1-3H3. The predicted molar refractivity (Wildman–Crippen MR) is 64.6 cm³/mol. The summed E-state index contributed by atoms with van der Waals surface area (Å²) in [5.74, 6) is 1.36. The van der Waals surface area contributed by atoms with Gasteiger partial charge in [-0.3, -0.25) is 9.69 Å². The summed E-state index contributed by atoms with van der Waals surface area (Å²) in [7, 11) is 3.43. The zero-order valence-electron chi connectivity index (χ0n) is 9.35. The van der Waals surface area contributed by atoms with Crippen molar-refractivity contribution in [1.29, 1.82) is 0 Å². The van der Waals surface area contributed by atoms with E-state index in [9.17, 15) is 4.79 Å². The quantitative estimate of drug-likeness (QED) is 0.548. The predicted octanol–water partition coefficient (Wildman–Crippen LogP) is 1.62. The molecule has 0 aromatic carbocycles. The van der Waals surface area contributed by atoms with Crippen LogP contribution in [0.15, 0.2) is 22.2 Å². The third kappa shape index (κ3) is 1.63. The number of rotatable bonds is 1. The molecule has 16 heavy (non-hydrogen) atoms. The number of nitrogens with zero attached hydrogens (tertiary/aromatic N) is 2. The van der Waals surface area contributed by atoms with Gasteiger partial charge in [0.2, 0.25) is 0 Å². The third-order valence-corrected chi connectivity index (χ3v) is 3.05. The van der Waals surface area contributed by atoms with E-state index < -0.39 is 0 Å². The van der Waals surface area contributed by atoms with Crippen molar-refractivity contribution in [3.63, 3.8) is 0 Å². The second-order valence-corrected chi connectivity index (χ2v) is 4.05. The van der Waals surface area contributed by atoms with E-state index in [2.05, 4.69) is 0 Å². The van der Waals surface area contributed by atoms with Gasteiger partial charge < -0.3 is 9.32 Å². The molecule has 2 heterocycles. The molecule has 1 amide bonds. The summed E-state index contributed by atoms with van der Waals surface area (Å²) in [6, 6.07) is 3.68. The van der Waals surface area contributed by atoms with Gasteiger partial charge in [-0.1, -0.05) is 0 Å². The lowest BCUT2D eigenvalue weighted by molar-refractivity contribution is -0.121. The van der Waals surface area contributed by atoms with Crippen LogP contribution in [0, 0.1) is 6.92 Å². The van der Waals surface area contributed by atoms with E-state index in [0.717, 1.165) is 5.76 Å². The average Bonchev–Trinajstić information content (AvgIpc) is 2.73. The van der Waals surface area contributed by atoms with Gasteiger partial charge in [0, 0.05) is 20.2 Å². The van der Waals surface area contributed by atoms with Crippen molar-refractivity contribution < 1.29 is 9.21 Å². The number of amides is 1. The topological polar surface area (TPSA) is 36.7 Å². The molecule has 0 spiro atoms. The zero-order valence-corrected chi connectivity index (χ0v) is 10.2. The lowest BCUT2D eigenvalue weighted by Gasteiger charge is -2.10. The van der Waals surface area contributed by atoms with Crippen molar-refractivity contribution >= 4 is 29.3 Å². The molecule has 1 aromatic heterocycles. The minimum absolute atomic E-state index is 0.110. The molecule has 0 unspecified atom stereocenters. The summed E-state index contributed by atoms with van der Waals surface area (Å²) >= 11 is 5.10. The lowest BCUT2D eigenvalue weighted by Crippen LogP contribution is -2.26. The van der Waals surface area contributed by atoms with Gasteiger partial charge in [-0.15, -0.1) is 0 Å². The highest BCUT2D eigenvalue weighted by atomic mass is 32.1. The first-order chi connectivity index (χ1) is 7.50. The van der Waals surface area contributed by atoms with Crippen LogP contribution in [0.3, 0.4) is 0 Å². The number of thiocarbonyl (C=S) groups is 1. The maximum atomic E-state index is 11.8. The second kappa shape index (κ2) is 3.75. The Morgan fingerprint density at radius 2 is 2.00 bits per heavy atom. The molecule has 4 nitrogen and oxygen atoms in total. The average molecular weight is 236 g/mol. The Hall–Kier alpha value is -1.62. The first-order valence-corrected chi connectivity index (χ1v) is 5.25. The molecular formula is C11H12N2O2S. The molecule has 0 aliphatic carbocycles. The fourth-order valence-corrected chi connectivity index (χ4v) is 1.74. The molecule has 0 radical (unpaired) electrons. The largest absolute Gasteiger partial charge is 0.462 e. The van der Waals surface area contributed by atoms with Gasteiger partial charge in [-0.25, -0.2) is 0 Å². The third-order valence-electron chi connectivity index (χ3n) is 2.50. The molecular weight excluding hydrogens is 224 g/mol. The van der Waals surface area contributed by atoms with Crippen molar-refractivity contribution in [2.75, 3.05) is 14.1 Å². The van der Waals surface area contributed by atoms with Crippen LogP contribution >= 0.6 is 12.2 Å². The first kappa shape index (κ1) is 10.9. The van der Waals surface area contributed by atoms with Crippen LogP contribution in [-0.4, -0.2) is 34.9 Å².